The van der Waals surface area contributed by atoms with Crippen molar-refractivity contribution in [1.29, 1.82) is 0 Å². The molecule has 0 bridgehead atoms. The zero-order valence-electron chi connectivity index (χ0n) is 17.0. The third kappa shape index (κ3) is 5.02. The number of hydroxylamine groups is 2. The first kappa shape index (κ1) is 22.7. The fraction of sp³-hybridized carbons (Fsp3) is 0.143. The molecule has 0 aliphatic rings. The van der Waals surface area contributed by atoms with Gasteiger partial charge in [0, 0.05) is 29.4 Å². The van der Waals surface area contributed by atoms with Crippen LogP contribution in [0.3, 0.4) is 0 Å². The molecular formula is C21H18N4O6S. The Morgan fingerprint density at radius 2 is 2.03 bits per heavy atom. The van der Waals surface area contributed by atoms with E-state index in [-0.39, 0.29) is 35.7 Å². The maximum Gasteiger partial charge on any atom is 0.338 e. The summed E-state index contributed by atoms with van der Waals surface area (Å²) in [6.45, 7) is 3.14. The lowest BCUT2D eigenvalue weighted by molar-refractivity contribution is -0.386. The molecule has 32 heavy (non-hydrogen) atoms. The summed E-state index contributed by atoms with van der Waals surface area (Å²) in [4.78, 5) is 50.0. The molecule has 0 aliphatic carbocycles. The quantitative estimate of drug-likeness (QED) is 0.208. The van der Waals surface area contributed by atoms with Crippen molar-refractivity contribution in [3.8, 4) is 10.6 Å². The normalized spacial score (nSPS) is 10.4. The molecule has 3 aromatic rings. The van der Waals surface area contributed by atoms with E-state index in [1.165, 1.54) is 35.6 Å². The van der Waals surface area contributed by atoms with Crippen LogP contribution >= 0.6 is 11.3 Å². The summed E-state index contributed by atoms with van der Waals surface area (Å²) in [5.74, 6) is -1.40. The lowest BCUT2D eigenvalue weighted by atomic mass is 10.0. The second-order valence-electron chi connectivity index (χ2n) is 6.25. The van der Waals surface area contributed by atoms with E-state index in [2.05, 4.69) is 16.5 Å². The number of nitro benzene ring substituents is 1. The molecule has 2 heterocycles. The van der Waals surface area contributed by atoms with Gasteiger partial charge in [0.1, 0.15) is 10.7 Å². The number of methoxy groups -OCH3 is 1. The molecule has 0 fully saturated rings. The predicted molar refractivity (Wildman–Crippen MR) is 116 cm³/mol. The van der Waals surface area contributed by atoms with E-state index in [0.29, 0.717) is 5.01 Å². The Morgan fingerprint density at radius 3 is 2.69 bits per heavy atom. The van der Waals surface area contributed by atoms with Crippen LogP contribution in [0.5, 0.6) is 0 Å². The van der Waals surface area contributed by atoms with Gasteiger partial charge >= 0.3 is 5.97 Å². The zero-order chi connectivity index (χ0) is 23.1. The summed E-state index contributed by atoms with van der Waals surface area (Å²) in [6, 6.07) is 7.51. The van der Waals surface area contributed by atoms with Crippen LogP contribution in [0.15, 0.2) is 60.8 Å². The van der Waals surface area contributed by atoms with E-state index in [9.17, 15) is 19.7 Å². The van der Waals surface area contributed by atoms with Gasteiger partial charge in [-0.05, 0) is 18.2 Å². The average molecular weight is 454 g/mol. The smallest absolute Gasteiger partial charge is 0.338 e. The van der Waals surface area contributed by atoms with Crippen LogP contribution in [-0.2, 0) is 16.1 Å². The van der Waals surface area contributed by atoms with Crippen molar-refractivity contribution in [2.45, 2.75) is 6.54 Å². The van der Waals surface area contributed by atoms with Gasteiger partial charge in [-0.15, -0.1) is 17.9 Å². The van der Waals surface area contributed by atoms with Gasteiger partial charge in [-0.3, -0.25) is 24.7 Å². The number of esters is 1. The Morgan fingerprint density at radius 1 is 1.28 bits per heavy atom. The Bertz CT molecular complexity index is 1150. The summed E-state index contributed by atoms with van der Waals surface area (Å²) >= 11 is 1.25. The number of ether oxygens (including phenoxy) is 1. The van der Waals surface area contributed by atoms with Gasteiger partial charge in [0.2, 0.25) is 0 Å². The van der Waals surface area contributed by atoms with Crippen molar-refractivity contribution in [1.82, 2.24) is 15.0 Å². The number of hydrogen-bond donors (Lipinski definition) is 0. The number of aromatic nitrogens is 2. The summed E-state index contributed by atoms with van der Waals surface area (Å²) in [5.41, 5.74) is 0.464. The molecule has 0 radical (unpaired) electrons. The molecule has 0 aliphatic heterocycles. The molecule has 0 atom stereocenters. The molecule has 10 nitrogen and oxygen atoms in total. The molecule has 1 aromatic carbocycles. The molecule has 2 aromatic heterocycles. The van der Waals surface area contributed by atoms with E-state index >= 15 is 0 Å². The molecule has 1 amide bonds. The van der Waals surface area contributed by atoms with E-state index in [1.54, 1.807) is 29.9 Å². The molecule has 0 unspecified atom stereocenters. The second-order valence-corrected chi connectivity index (χ2v) is 7.11. The second kappa shape index (κ2) is 10.4. The first-order valence-electron chi connectivity index (χ1n) is 9.22. The van der Waals surface area contributed by atoms with Gasteiger partial charge in [-0.1, -0.05) is 12.1 Å². The zero-order valence-corrected chi connectivity index (χ0v) is 17.8. The third-order valence-electron chi connectivity index (χ3n) is 4.28. The standard InChI is InChI=1S/C21H18N4O6S/c1-3-11-31-24(12-16-15(21(27)30-2)5-4-6-18(16)25(28)29)20(26)17-13-32-19(23-17)14-7-9-22-10-8-14/h3-10,13H,1,11-12H2,2H3. The van der Waals surface area contributed by atoms with Crippen LogP contribution in [0.1, 0.15) is 26.4 Å². The maximum atomic E-state index is 13.1. The van der Waals surface area contributed by atoms with Crippen LogP contribution in [0.2, 0.25) is 0 Å². The van der Waals surface area contributed by atoms with Crippen LogP contribution < -0.4 is 0 Å². The predicted octanol–water partition coefficient (Wildman–Crippen LogP) is 3.66. The Labute approximate surface area is 186 Å². The molecule has 3 rings (SSSR count). The van der Waals surface area contributed by atoms with Crippen molar-refractivity contribution < 1.29 is 24.1 Å². The number of thiazole rings is 1. The highest BCUT2D eigenvalue weighted by Gasteiger charge is 2.28. The topological polar surface area (TPSA) is 125 Å². The van der Waals surface area contributed by atoms with Gasteiger partial charge in [-0.25, -0.2) is 14.8 Å². The van der Waals surface area contributed by atoms with E-state index in [1.807, 2.05) is 0 Å². The van der Waals surface area contributed by atoms with Gasteiger partial charge in [0.15, 0.2) is 0 Å². The lowest BCUT2D eigenvalue weighted by Gasteiger charge is -2.21. The molecule has 0 saturated carbocycles. The summed E-state index contributed by atoms with van der Waals surface area (Å²) in [6.07, 6.45) is 4.64. The van der Waals surface area contributed by atoms with Crippen LogP contribution in [0.25, 0.3) is 10.6 Å². The number of amides is 1. The van der Waals surface area contributed by atoms with Crippen molar-refractivity contribution in [2.75, 3.05) is 13.7 Å². The fourth-order valence-electron chi connectivity index (χ4n) is 2.80. The third-order valence-corrected chi connectivity index (χ3v) is 5.17. The minimum absolute atomic E-state index is 0.0219. The number of nitro groups is 1. The maximum absolute atomic E-state index is 13.1. The van der Waals surface area contributed by atoms with Crippen LogP contribution in [0, 0.1) is 10.1 Å². The minimum Gasteiger partial charge on any atom is -0.465 e. The molecule has 11 heteroatoms. The van der Waals surface area contributed by atoms with Crippen molar-refractivity contribution in [3.05, 3.63) is 87.7 Å². The van der Waals surface area contributed by atoms with Crippen LogP contribution in [-0.4, -0.2) is 45.5 Å². The van der Waals surface area contributed by atoms with Crippen molar-refractivity contribution >= 4 is 28.9 Å². The van der Waals surface area contributed by atoms with Gasteiger partial charge < -0.3 is 4.74 Å². The molecule has 0 N–H and O–H groups in total. The van der Waals surface area contributed by atoms with Gasteiger partial charge in [0.05, 0.1) is 36.3 Å². The summed E-state index contributed by atoms with van der Waals surface area (Å²) < 4.78 is 4.73. The highest BCUT2D eigenvalue weighted by Crippen LogP contribution is 2.27. The largest absolute Gasteiger partial charge is 0.465 e. The number of nitrogens with zero attached hydrogens (tertiary/aromatic N) is 4. The highest BCUT2D eigenvalue weighted by atomic mass is 32.1. The SMILES string of the molecule is C=CCON(Cc1c(C(=O)OC)cccc1[N+](=O)[O-])C(=O)c1csc(-c2ccncc2)n1. The summed E-state index contributed by atoms with van der Waals surface area (Å²) in [7, 11) is 1.16. The summed E-state index contributed by atoms with van der Waals surface area (Å²) in [5, 5.41) is 14.6. The monoisotopic (exact) mass is 454 g/mol. The first-order valence-corrected chi connectivity index (χ1v) is 10.1. The van der Waals surface area contributed by atoms with E-state index < -0.39 is 16.8 Å². The molecule has 0 saturated heterocycles. The molecule has 164 valence electrons. The number of carbonyl (C=O) groups excluding carboxylic acids is 2. The lowest BCUT2D eigenvalue weighted by Crippen LogP contribution is -2.32. The Hall–Kier alpha value is -3.96. The van der Waals surface area contributed by atoms with E-state index in [0.717, 1.165) is 17.7 Å². The number of pyridine rings is 1. The fourth-order valence-corrected chi connectivity index (χ4v) is 3.60. The van der Waals surface area contributed by atoms with Crippen molar-refractivity contribution in [2.24, 2.45) is 0 Å². The average Bonchev–Trinajstić information content (AvgIpc) is 3.31. The Kier molecular flexibility index (Phi) is 7.37. The Balaban J connectivity index is 1.97. The van der Waals surface area contributed by atoms with Gasteiger partial charge in [0.25, 0.3) is 11.6 Å². The van der Waals surface area contributed by atoms with E-state index in [4.69, 9.17) is 9.57 Å². The highest BCUT2D eigenvalue weighted by molar-refractivity contribution is 7.13. The van der Waals surface area contributed by atoms with Gasteiger partial charge in [-0.2, -0.15) is 0 Å². The number of benzene rings is 1. The van der Waals surface area contributed by atoms with Crippen LogP contribution in [0.4, 0.5) is 5.69 Å². The minimum atomic E-state index is -0.770. The first-order chi connectivity index (χ1) is 15.5. The molecule has 0 spiro atoms. The number of rotatable bonds is 9. The van der Waals surface area contributed by atoms with Crippen molar-refractivity contribution in [3.63, 3.8) is 0 Å². The molecular weight excluding hydrogens is 436 g/mol. The number of carbonyl (C=O) groups is 2. The number of hydrogen-bond acceptors (Lipinski definition) is 9.